The quantitative estimate of drug-likeness (QED) is 0.197. The highest BCUT2D eigenvalue weighted by molar-refractivity contribution is 6.15. The van der Waals surface area contributed by atoms with Crippen molar-refractivity contribution in [1.29, 1.82) is 0 Å². The smallest absolute Gasteiger partial charge is 0.164 e. The molecular formula is C43H27N3O2. The Morgan fingerprint density at radius 1 is 0.479 bits per heavy atom. The van der Waals surface area contributed by atoms with Gasteiger partial charge in [-0.1, -0.05) is 109 Å². The summed E-state index contributed by atoms with van der Waals surface area (Å²) in [6, 6.07) is 41.7. The molecule has 5 nitrogen and oxygen atoms in total. The molecular weight excluding hydrogens is 590 g/mol. The van der Waals surface area contributed by atoms with Crippen LogP contribution in [0.5, 0.6) is 0 Å². The first-order chi connectivity index (χ1) is 23.8. The van der Waals surface area contributed by atoms with Crippen LogP contribution in [-0.4, -0.2) is 15.0 Å². The summed E-state index contributed by atoms with van der Waals surface area (Å²) in [4.78, 5) is 15.2. The van der Waals surface area contributed by atoms with E-state index in [-0.39, 0.29) is 0 Å². The summed E-state index contributed by atoms with van der Waals surface area (Å²) in [5.74, 6) is 1.94. The van der Waals surface area contributed by atoms with Gasteiger partial charge in [0, 0.05) is 43.8 Å². The normalized spacial score (nSPS) is 13.3. The Morgan fingerprint density at radius 3 is 2.17 bits per heavy atom. The van der Waals surface area contributed by atoms with Gasteiger partial charge < -0.3 is 8.83 Å². The van der Waals surface area contributed by atoms with Crippen molar-refractivity contribution in [3.8, 4) is 33.9 Å². The van der Waals surface area contributed by atoms with Gasteiger partial charge in [-0.25, -0.2) is 15.0 Å². The summed E-state index contributed by atoms with van der Waals surface area (Å²) in [7, 11) is 0. The van der Waals surface area contributed by atoms with Crippen molar-refractivity contribution in [3.05, 3.63) is 145 Å². The minimum absolute atomic E-state index is 0.619. The monoisotopic (exact) mass is 617 g/mol. The zero-order valence-corrected chi connectivity index (χ0v) is 25.9. The van der Waals surface area contributed by atoms with Crippen LogP contribution < -0.4 is 0 Å². The van der Waals surface area contributed by atoms with E-state index in [9.17, 15) is 0 Å². The van der Waals surface area contributed by atoms with Gasteiger partial charge >= 0.3 is 0 Å². The third kappa shape index (κ3) is 4.28. The number of aromatic nitrogens is 3. The maximum Gasteiger partial charge on any atom is 0.164 e. The van der Waals surface area contributed by atoms with E-state index < -0.39 is 0 Å². The van der Waals surface area contributed by atoms with Crippen LogP contribution in [0.4, 0.5) is 0 Å². The van der Waals surface area contributed by atoms with Crippen LogP contribution >= 0.6 is 0 Å². The highest BCUT2D eigenvalue weighted by atomic mass is 16.3. The van der Waals surface area contributed by atoms with E-state index in [1.165, 1.54) is 5.39 Å². The van der Waals surface area contributed by atoms with Gasteiger partial charge in [-0.3, -0.25) is 0 Å². The van der Waals surface area contributed by atoms with Gasteiger partial charge in [0.2, 0.25) is 0 Å². The van der Waals surface area contributed by atoms with E-state index in [4.69, 9.17) is 23.8 Å². The van der Waals surface area contributed by atoms with E-state index in [1.807, 2.05) is 36.4 Å². The Morgan fingerprint density at radius 2 is 1.23 bits per heavy atom. The second kappa shape index (κ2) is 10.6. The molecule has 0 saturated carbocycles. The molecule has 5 heteroatoms. The predicted octanol–water partition coefficient (Wildman–Crippen LogP) is 11.6. The van der Waals surface area contributed by atoms with Crippen molar-refractivity contribution in [2.45, 2.75) is 12.8 Å². The highest BCUT2D eigenvalue weighted by Gasteiger charge is 2.20. The molecule has 1 aliphatic rings. The van der Waals surface area contributed by atoms with Gasteiger partial charge in [-0.05, 0) is 59.5 Å². The SMILES string of the molecule is C1=CC(c2nc(-c3ccc4ccccc4c3)nc(-c3cccc4oc5c(-c6ccc7oc8ccccc8c7c6)cccc5c34)n2)=CCC1. The lowest BCUT2D eigenvalue weighted by Crippen LogP contribution is -2.03. The maximum atomic E-state index is 6.67. The Balaban J connectivity index is 1.18. The lowest BCUT2D eigenvalue weighted by Gasteiger charge is -2.11. The predicted molar refractivity (Wildman–Crippen MR) is 195 cm³/mol. The third-order valence-corrected chi connectivity index (χ3v) is 9.35. The summed E-state index contributed by atoms with van der Waals surface area (Å²) < 4.78 is 12.8. The second-order valence-electron chi connectivity index (χ2n) is 12.3. The molecule has 0 bridgehead atoms. The Kier molecular flexibility index (Phi) is 5.93. The van der Waals surface area contributed by atoms with E-state index in [1.54, 1.807) is 0 Å². The second-order valence-corrected chi connectivity index (χ2v) is 12.3. The molecule has 9 aromatic rings. The molecule has 0 unspecified atom stereocenters. The van der Waals surface area contributed by atoms with Crippen LogP contribution in [0.15, 0.2) is 148 Å². The minimum atomic E-state index is 0.619. The molecule has 10 rings (SSSR count). The minimum Gasteiger partial charge on any atom is -0.456 e. The van der Waals surface area contributed by atoms with Crippen LogP contribution in [0.1, 0.15) is 18.7 Å². The van der Waals surface area contributed by atoms with E-state index in [2.05, 4.69) is 103 Å². The van der Waals surface area contributed by atoms with Crippen molar-refractivity contribution < 1.29 is 8.83 Å². The fourth-order valence-electron chi connectivity index (χ4n) is 7.02. The Bertz CT molecular complexity index is 2800. The molecule has 1 aliphatic carbocycles. The molecule has 0 saturated heterocycles. The zero-order valence-electron chi connectivity index (χ0n) is 25.9. The fourth-order valence-corrected chi connectivity index (χ4v) is 7.02. The van der Waals surface area contributed by atoms with Crippen molar-refractivity contribution in [3.63, 3.8) is 0 Å². The molecule has 0 radical (unpaired) electrons. The summed E-state index contributed by atoms with van der Waals surface area (Å²) in [6.07, 6.45) is 8.50. The summed E-state index contributed by atoms with van der Waals surface area (Å²) in [5, 5.41) is 6.51. The molecule has 0 amide bonds. The van der Waals surface area contributed by atoms with Crippen molar-refractivity contribution >= 4 is 60.2 Å². The number of para-hydroxylation sites is 2. The molecule has 48 heavy (non-hydrogen) atoms. The average molecular weight is 618 g/mol. The van der Waals surface area contributed by atoms with Crippen LogP contribution in [0.3, 0.4) is 0 Å². The van der Waals surface area contributed by atoms with Crippen LogP contribution in [0.25, 0.3) is 94.1 Å². The maximum absolute atomic E-state index is 6.67. The Hall–Kier alpha value is -6.33. The number of allylic oxidation sites excluding steroid dienone is 4. The molecule has 0 aliphatic heterocycles. The largest absolute Gasteiger partial charge is 0.456 e. The van der Waals surface area contributed by atoms with Gasteiger partial charge in [-0.15, -0.1) is 0 Å². The lowest BCUT2D eigenvalue weighted by molar-refractivity contribution is 0.668. The lowest BCUT2D eigenvalue weighted by atomic mass is 9.99. The van der Waals surface area contributed by atoms with E-state index in [0.29, 0.717) is 17.5 Å². The summed E-state index contributed by atoms with van der Waals surface area (Å²) >= 11 is 0. The number of hydrogen-bond acceptors (Lipinski definition) is 5. The zero-order chi connectivity index (χ0) is 31.6. The molecule has 3 heterocycles. The van der Waals surface area contributed by atoms with Gasteiger partial charge in [0.1, 0.15) is 22.3 Å². The van der Waals surface area contributed by atoms with Crippen LogP contribution in [0.2, 0.25) is 0 Å². The number of furan rings is 2. The highest BCUT2D eigenvalue weighted by Crippen LogP contribution is 2.41. The van der Waals surface area contributed by atoms with Crippen LogP contribution in [0, 0.1) is 0 Å². The number of nitrogens with zero attached hydrogens (tertiary/aromatic N) is 3. The average Bonchev–Trinajstić information content (AvgIpc) is 3.73. The standard InChI is InChI=1S/C43H27N3O2/c1-2-11-27(12-3-1)41-44-42(30-21-20-26-10-4-5-13-28(26)24-30)46-43(45-41)34-17-9-19-38-39(34)33-16-8-15-31(40(33)48-38)29-22-23-37-35(25-29)32-14-6-7-18-36(32)47-37/h2,4-25H,1,3H2. The molecule has 6 aromatic carbocycles. The van der Waals surface area contributed by atoms with Gasteiger partial charge in [0.25, 0.3) is 0 Å². The number of rotatable bonds is 4. The molecule has 0 fully saturated rings. The van der Waals surface area contributed by atoms with Gasteiger partial charge in [0.15, 0.2) is 17.5 Å². The fraction of sp³-hybridized carbons (Fsp3) is 0.0465. The third-order valence-electron chi connectivity index (χ3n) is 9.35. The number of fused-ring (bicyclic) bond motifs is 7. The topological polar surface area (TPSA) is 65.0 Å². The number of hydrogen-bond donors (Lipinski definition) is 0. The first-order valence-electron chi connectivity index (χ1n) is 16.3. The Labute approximate surface area is 275 Å². The molecule has 0 N–H and O–H groups in total. The van der Waals surface area contributed by atoms with E-state index >= 15 is 0 Å². The summed E-state index contributed by atoms with van der Waals surface area (Å²) in [5.41, 5.74) is 8.33. The molecule has 0 spiro atoms. The van der Waals surface area contributed by atoms with Gasteiger partial charge in [-0.2, -0.15) is 0 Å². The molecule has 226 valence electrons. The van der Waals surface area contributed by atoms with Crippen LogP contribution in [-0.2, 0) is 0 Å². The first kappa shape index (κ1) is 26.8. The van der Waals surface area contributed by atoms with Gasteiger partial charge in [0.05, 0.1) is 0 Å². The van der Waals surface area contributed by atoms with Crippen molar-refractivity contribution in [2.24, 2.45) is 0 Å². The molecule has 3 aromatic heterocycles. The molecule has 0 atom stereocenters. The summed E-state index contributed by atoms with van der Waals surface area (Å²) in [6.45, 7) is 0. The first-order valence-corrected chi connectivity index (χ1v) is 16.3. The van der Waals surface area contributed by atoms with E-state index in [0.717, 1.165) is 89.9 Å². The van der Waals surface area contributed by atoms with Crippen molar-refractivity contribution in [2.75, 3.05) is 0 Å². The van der Waals surface area contributed by atoms with Crippen molar-refractivity contribution in [1.82, 2.24) is 15.0 Å². The number of benzene rings is 6.